The molecule has 4 aliphatic carbocycles. The average Bonchev–Trinajstić information content (AvgIpc) is 3.03. The van der Waals surface area contributed by atoms with E-state index < -0.39 is 0 Å². The Morgan fingerprint density at radius 2 is 1.82 bits per heavy atom. The highest BCUT2D eigenvalue weighted by molar-refractivity contribution is 5.79. The zero-order valence-corrected chi connectivity index (χ0v) is 18.5. The Hall–Kier alpha value is -0.860. The summed E-state index contributed by atoms with van der Waals surface area (Å²) in [5.41, 5.74) is 0.858. The molecule has 0 bridgehead atoms. The van der Waals surface area contributed by atoms with Crippen molar-refractivity contribution in [2.24, 2.45) is 46.3 Å². The topological polar surface area (TPSA) is 43.4 Å². The summed E-state index contributed by atoms with van der Waals surface area (Å²) in [5.74, 6) is 5.01. The van der Waals surface area contributed by atoms with Crippen LogP contribution < -0.4 is 0 Å². The van der Waals surface area contributed by atoms with Gasteiger partial charge in [-0.2, -0.15) is 0 Å². The summed E-state index contributed by atoms with van der Waals surface area (Å²) in [5, 5.41) is 0. The standard InChI is InChI=1S/C25H40O3/c1-16(5-10-23(27)28-4)20-8-9-21-19-7-6-17-15-18(26)11-13-24(17,2)22(19)12-14-25(20,21)3/h16-17,19-22H,5-15H2,1-4H3/t16?,17-,19?,20?,21?,22?,24?,25?/m1/s1. The van der Waals surface area contributed by atoms with Crippen LogP contribution in [0.15, 0.2) is 0 Å². The van der Waals surface area contributed by atoms with E-state index in [1.54, 1.807) is 0 Å². The smallest absolute Gasteiger partial charge is 0.305 e. The maximum atomic E-state index is 12.1. The second-order valence-corrected chi connectivity index (χ2v) is 11.2. The number of ether oxygens (including phenoxy) is 1. The minimum atomic E-state index is -0.0617. The molecule has 0 heterocycles. The SMILES string of the molecule is COC(=O)CCC(C)C1CCC2C3CC[C@@H]4CC(=O)CCC4(C)C3CCC12C. The summed E-state index contributed by atoms with van der Waals surface area (Å²) >= 11 is 0. The number of Topliss-reactive ketones (excluding diaryl/α,β-unsaturated/α-hetero) is 1. The van der Waals surface area contributed by atoms with E-state index in [1.165, 1.54) is 45.6 Å². The molecule has 4 saturated carbocycles. The third-order valence-electron chi connectivity index (χ3n) is 10.3. The number of ketones is 1. The van der Waals surface area contributed by atoms with Crippen LogP contribution in [-0.4, -0.2) is 18.9 Å². The molecule has 0 aromatic heterocycles. The van der Waals surface area contributed by atoms with Crippen molar-refractivity contribution in [3.05, 3.63) is 0 Å². The lowest BCUT2D eigenvalue weighted by Crippen LogP contribution is -2.53. The molecule has 8 atom stereocenters. The molecule has 0 aromatic rings. The van der Waals surface area contributed by atoms with Gasteiger partial charge >= 0.3 is 5.97 Å². The summed E-state index contributed by atoms with van der Waals surface area (Å²) in [6.07, 6.45) is 12.4. The molecule has 158 valence electrons. The average molecular weight is 389 g/mol. The summed E-state index contributed by atoms with van der Waals surface area (Å²) in [6, 6.07) is 0. The molecule has 28 heavy (non-hydrogen) atoms. The molecule has 0 saturated heterocycles. The fourth-order valence-electron chi connectivity index (χ4n) is 8.67. The fraction of sp³-hybridized carbons (Fsp3) is 0.920. The lowest BCUT2D eigenvalue weighted by atomic mass is 9.44. The quantitative estimate of drug-likeness (QED) is 0.571. The highest BCUT2D eigenvalue weighted by Crippen LogP contribution is 2.68. The number of rotatable bonds is 4. The molecule has 7 unspecified atom stereocenters. The second kappa shape index (κ2) is 7.43. The Morgan fingerprint density at radius 1 is 1.07 bits per heavy atom. The Kier molecular flexibility index (Phi) is 5.42. The molecule has 4 rings (SSSR count). The lowest BCUT2D eigenvalue weighted by Gasteiger charge is -2.60. The maximum absolute atomic E-state index is 12.1. The van der Waals surface area contributed by atoms with Crippen LogP contribution in [0.4, 0.5) is 0 Å². The monoisotopic (exact) mass is 388 g/mol. The first-order valence-electron chi connectivity index (χ1n) is 11.9. The van der Waals surface area contributed by atoms with Crippen LogP contribution >= 0.6 is 0 Å². The largest absolute Gasteiger partial charge is 0.469 e. The normalized spacial score (nSPS) is 46.3. The van der Waals surface area contributed by atoms with Gasteiger partial charge in [-0.3, -0.25) is 9.59 Å². The van der Waals surface area contributed by atoms with E-state index in [2.05, 4.69) is 20.8 Å². The first-order chi connectivity index (χ1) is 13.3. The van der Waals surface area contributed by atoms with Gasteiger partial charge in [-0.25, -0.2) is 0 Å². The fourth-order valence-corrected chi connectivity index (χ4v) is 8.67. The van der Waals surface area contributed by atoms with Crippen molar-refractivity contribution in [1.82, 2.24) is 0 Å². The Balaban J connectivity index is 1.49. The van der Waals surface area contributed by atoms with Gasteiger partial charge in [-0.05, 0) is 97.7 Å². The Morgan fingerprint density at radius 3 is 2.57 bits per heavy atom. The molecular weight excluding hydrogens is 348 g/mol. The van der Waals surface area contributed by atoms with Crippen molar-refractivity contribution < 1.29 is 14.3 Å². The number of fused-ring (bicyclic) bond motifs is 5. The van der Waals surface area contributed by atoms with Gasteiger partial charge in [0.15, 0.2) is 0 Å². The van der Waals surface area contributed by atoms with Gasteiger partial charge in [0.05, 0.1) is 7.11 Å². The van der Waals surface area contributed by atoms with Crippen molar-refractivity contribution in [2.45, 2.75) is 91.4 Å². The molecule has 0 amide bonds. The van der Waals surface area contributed by atoms with E-state index in [9.17, 15) is 9.59 Å². The summed E-state index contributed by atoms with van der Waals surface area (Å²) in [4.78, 5) is 23.7. The van der Waals surface area contributed by atoms with Gasteiger partial charge < -0.3 is 4.74 Å². The van der Waals surface area contributed by atoms with Crippen LogP contribution in [0.1, 0.15) is 91.4 Å². The third-order valence-corrected chi connectivity index (χ3v) is 10.3. The van der Waals surface area contributed by atoms with E-state index in [1.807, 2.05) is 0 Å². The van der Waals surface area contributed by atoms with Crippen LogP contribution in [0.3, 0.4) is 0 Å². The summed E-state index contributed by atoms with van der Waals surface area (Å²) < 4.78 is 4.87. The minimum absolute atomic E-state index is 0.0617. The van der Waals surface area contributed by atoms with Crippen LogP contribution in [0, 0.1) is 46.3 Å². The van der Waals surface area contributed by atoms with Gasteiger partial charge in [0, 0.05) is 19.3 Å². The van der Waals surface area contributed by atoms with Crippen molar-refractivity contribution in [3.63, 3.8) is 0 Å². The van der Waals surface area contributed by atoms with Gasteiger partial charge in [-0.1, -0.05) is 20.8 Å². The second-order valence-electron chi connectivity index (χ2n) is 11.2. The van der Waals surface area contributed by atoms with Crippen LogP contribution in [-0.2, 0) is 14.3 Å². The number of esters is 1. The van der Waals surface area contributed by atoms with E-state index in [0.717, 1.165) is 49.4 Å². The molecule has 3 heteroatoms. The van der Waals surface area contributed by atoms with Crippen LogP contribution in [0.2, 0.25) is 0 Å². The summed E-state index contributed by atoms with van der Waals surface area (Å²) in [7, 11) is 1.50. The zero-order chi connectivity index (χ0) is 20.1. The molecule has 0 N–H and O–H groups in total. The Bertz CT molecular complexity index is 627. The van der Waals surface area contributed by atoms with Gasteiger partial charge in [0.25, 0.3) is 0 Å². The number of methoxy groups -OCH3 is 1. The van der Waals surface area contributed by atoms with E-state index in [4.69, 9.17) is 4.74 Å². The predicted octanol–water partition coefficient (Wildman–Crippen LogP) is 5.80. The van der Waals surface area contributed by atoms with E-state index >= 15 is 0 Å². The molecule has 0 radical (unpaired) electrons. The number of hydrogen-bond donors (Lipinski definition) is 0. The molecule has 0 aliphatic heterocycles. The zero-order valence-electron chi connectivity index (χ0n) is 18.5. The van der Waals surface area contributed by atoms with E-state index in [-0.39, 0.29) is 5.97 Å². The number of carbonyl (C=O) groups excluding carboxylic acids is 2. The Labute approximate surface area is 171 Å². The van der Waals surface area contributed by atoms with Crippen LogP contribution in [0.25, 0.3) is 0 Å². The minimum Gasteiger partial charge on any atom is -0.469 e. The van der Waals surface area contributed by atoms with Gasteiger partial charge in [-0.15, -0.1) is 0 Å². The van der Waals surface area contributed by atoms with Crippen molar-refractivity contribution in [2.75, 3.05) is 7.11 Å². The highest BCUT2D eigenvalue weighted by atomic mass is 16.5. The van der Waals surface area contributed by atoms with Crippen molar-refractivity contribution >= 4 is 11.8 Å². The first-order valence-corrected chi connectivity index (χ1v) is 11.9. The van der Waals surface area contributed by atoms with Crippen molar-refractivity contribution in [1.29, 1.82) is 0 Å². The molecule has 0 spiro atoms. The predicted molar refractivity (Wildman–Crippen MR) is 111 cm³/mol. The highest BCUT2D eigenvalue weighted by Gasteiger charge is 2.60. The third kappa shape index (κ3) is 3.16. The molecule has 4 aliphatic rings. The van der Waals surface area contributed by atoms with Gasteiger partial charge in [0.2, 0.25) is 0 Å². The molecule has 3 nitrogen and oxygen atoms in total. The van der Waals surface area contributed by atoms with Gasteiger partial charge in [0.1, 0.15) is 5.78 Å². The summed E-state index contributed by atoms with van der Waals surface area (Å²) in [6.45, 7) is 7.49. The van der Waals surface area contributed by atoms with E-state index in [0.29, 0.717) is 34.9 Å². The van der Waals surface area contributed by atoms with Crippen molar-refractivity contribution in [3.8, 4) is 0 Å². The number of carbonyl (C=O) groups is 2. The molecular formula is C25H40O3. The lowest BCUT2D eigenvalue weighted by molar-refractivity contribution is -0.141. The molecule has 4 fully saturated rings. The van der Waals surface area contributed by atoms with Crippen LogP contribution in [0.5, 0.6) is 0 Å². The first kappa shape index (κ1) is 20.4. The number of hydrogen-bond acceptors (Lipinski definition) is 3. The maximum Gasteiger partial charge on any atom is 0.305 e. The molecule has 0 aromatic carbocycles.